The lowest BCUT2D eigenvalue weighted by Crippen LogP contribution is -2.00. The zero-order chi connectivity index (χ0) is 12.3. The zero-order valence-corrected chi connectivity index (χ0v) is 11.2. The first-order valence-corrected chi connectivity index (χ1v) is 6.23. The van der Waals surface area contributed by atoms with Gasteiger partial charge in [-0.15, -0.1) is 0 Å². The van der Waals surface area contributed by atoms with E-state index in [0.29, 0.717) is 12.3 Å². The van der Waals surface area contributed by atoms with E-state index in [-0.39, 0.29) is 0 Å². The van der Waals surface area contributed by atoms with Crippen LogP contribution in [0.1, 0.15) is 11.1 Å². The van der Waals surface area contributed by atoms with Crippen LogP contribution in [0.3, 0.4) is 0 Å². The average Bonchev–Trinajstić information content (AvgIpc) is 2.30. The summed E-state index contributed by atoms with van der Waals surface area (Å²) in [4.78, 5) is 0. The number of nitrogens with one attached hydrogen (secondary N) is 1. The number of hydrogen-bond donors (Lipinski definition) is 2. The van der Waals surface area contributed by atoms with Crippen LogP contribution in [0.15, 0.2) is 46.9 Å². The van der Waals surface area contributed by atoms with Crippen LogP contribution in [0.4, 0.5) is 5.69 Å². The molecule has 0 aliphatic heterocycles. The number of para-hydroxylation sites is 1. The van der Waals surface area contributed by atoms with E-state index in [1.165, 1.54) is 5.56 Å². The standard InChI is InChI=1S/C14H14BrNO/c1-10-6-7-13(12(15)8-10)16-9-11-4-2-3-5-14(11)17/h2-8,16-17H,9H2,1H3. The van der Waals surface area contributed by atoms with Crippen LogP contribution >= 0.6 is 15.9 Å². The molecule has 0 aliphatic carbocycles. The van der Waals surface area contributed by atoms with Gasteiger partial charge < -0.3 is 10.4 Å². The van der Waals surface area contributed by atoms with Crippen molar-refractivity contribution in [2.45, 2.75) is 13.5 Å². The fourth-order valence-electron chi connectivity index (χ4n) is 1.61. The number of aryl methyl sites for hydroxylation is 1. The Labute approximate surface area is 109 Å². The van der Waals surface area contributed by atoms with Crippen molar-refractivity contribution in [1.82, 2.24) is 0 Å². The summed E-state index contributed by atoms with van der Waals surface area (Å²) in [5, 5.41) is 12.9. The van der Waals surface area contributed by atoms with Crippen molar-refractivity contribution in [3.63, 3.8) is 0 Å². The molecule has 0 saturated heterocycles. The summed E-state index contributed by atoms with van der Waals surface area (Å²) in [5.41, 5.74) is 3.13. The molecule has 0 atom stereocenters. The SMILES string of the molecule is Cc1ccc(NCc2ccccc2O)c(Br)c1. The molecule has 17 heavy (non-hydrogen) atoms. The topological polar surface area (TPSA) is 32.3 Å². The molecule has 0 radical (unpaired) electrons. The van der Waals surface area contributed by atoms with Crippen molar-refractivity contribution in [2.24, 2.45) is 0 Å². The highest BCUT2D eigenvalue weighted by molar-refractivity contribution is 9.10. The third-order valence-electron chi connectivity index (χ3n) is 2.59. The first-order chi connectivity index (χ1) is 8.16. The highest BCUT2D eigenvalue weighted by Gasteiger charge is 2.02. The summed E-state index contributed by atoms with van der Waals surface area (Å²) < 4.78 is 1.04. The molecule has 2 nitrogen and oxygen atoms in total. The van der Waals surface area contributed by atoms with Gasteiger partial charge in [-0.1, -0.05) is 24.3 Å². The quantitative estimate of drug-likeness (QED) is 0.893. The van der Waals surface area contributed by atoms with E-state index in [9.17, 15) is 5.11 Å². The van der Waals surface area contributed by atoms with Crippen molar-refractivity contribution in [3.05, 3.63) is 58.1 Å². The molecule has 0 heterocycles. The number of hydrogen-bond acceptors (Lipinski definition) is 2. The van der Waals surface area contributed by atoms with Gasteiger partial charge in [0.2, 0.25) is 0 Å². The van der Waals surface area contributed by atoms with Crippen molar-refractivity contribution in [3.8, 4) is 5.75 Å². The second-order valence-electron chi connectivity index (χ2n) is 3.97. The van der Waals surface area contributed by atoms with Crippen LogP contribution in [-0.2, 0) is 6.54 Å². The highest BCUT2D eigenvalue weighted by atomic mass is 79.9. The van der Waals surface area contributed by atoms with Gasteiger partial charge in [0.1, 0.15) is 5.75 Å². The van der Waals surface area contributed by atoms with Gasteiger partial charge in [0.15, 0.2) is 0 Å². The Morgan fingerprint density at radius 1 is 1.18 bits per heavy atom. The second kappa shape index (κ2) is 5.23. The van der Waals surface area contributed by atoms with Crippen LogP contribution in [-0.4, -0.2) is 5.11 Å². The molecule has 0 fully saturated rings. The molecule has 0 amide bonds. The summed E-state index contributed by atoms with van der Waals surface area (Å²) >= 11 is 3.51. The Bertz CT molecular complexity index is 525. The largest absolute Gasteiger partial charge is 0.508 e. The van der Waals surface area contributed by atoms with E-state index in [0.717, 1.165) is 15.7 Å². The van der Waals surface area contributed by atoms with Gasteiger partial charge in [0.25, 0.3) is 0 Å². The van der Waals surface area contributed by atoms with Crippen molar-refractivity contribution in [2.75, 3.05) is 5.32 Å². The van der Waals surface area contributed by atoms with Gasteiger partial charge in [-0.05, 0) is 46.6 Å². The third-order valence-corrected chi connectivity index (χ3v) is 3.24. The molecule has 0 aromatic heterocycles. The van der Waals surface area contributed by atoms with Gasteiger partial charge >= 0.3 is 0 Å². The number of phenolic OH excluding ortho intramolecular Hbond substituents is 1. The lowest BCUT2D eigenvalue weighted by atomic mass is 10.2. The molecule has 0 bridgehead atoms. The Kier molecular flexibility index (Phi) is 3.69. The van der Waals surface area contributed by atoms with Crippen LogP contribution in [0.2, 0.25) is 0 Å². The summed E-state index contributed by atoms with van der Waals surface area (Å²) in [7, 11) is 0. The Hall–Kier alpha value is -1.48. The lowest BCUT2D eigenvalue weighted by Gasteiger charge is -2.10. The van der Waals surface area contributed by atoms with Crippen molar-refractivity contribution >= 4 is 21.6 Å². The number of benzene rings is 2. The van der Waals surface area contributed by atoms with Gasteiger partial charge in [0.05, 0.1) is 0 Å². The predicted octanol–water partition coefficient (Wildman–Crippen LogP) is 4.08. The highest BCUT2D eigenvalue weighted by Crippen LogP contribution is 2.25. The molecular formula is C14H14BrNO. The Morgan fingerprint density at radius 3 is 2.65 bits per heavy atom. The number of rotatable bonds is 3. The average molecular weight is 292 g/mol. The predicted molar refractivity (Wildman–Crippen MR) is 74.3 cm³/mol. The first-order valence-electron chi connectivity index (χ1n) is 5.44. The van der Waals surface area contributed by atoms with E-state index >= 15 is 0 Å². The van der Waals surface area contributed by atoms with Crippen LogP contribution < -0.4 is 5.32 Å². The van der Waals surface area contributed by atoms with E-state index in [2.05, 4.69) is 40.3 Å². The molecule has 2 aromatic rings. The number of anilines is 1. The molecule has 0 aliphatic rings. The molecule has 0 saturated carbocycles. The summed E-state index contributed by atoms with van der Waals surface area (Å²) in [5.74, 6) is 0.322. The van der Waals surface area contributed by atoms with Crippen molar-refractivity contribution < 1.29 is 5.11 Å². The fraction of sp³-hybridized carbons (Fsp3) is 0.143. The second-order valence-corrected chi connectivity index (χ2v) is 4.82. The maximum absolute atomic E-state index is 9.65. The molecule has 0 unspecified atom stereocenters. The van der Waals surface area contributed by atoms with Crippen LogP contribution in [0.5, 0.6) is 5.75 Å². The molecule has 2 N–H and O–H groups in total. The molecule has 3 heteroatoms. The molecule has 0 spiro atoms. The van der Waals surface area contributed by atoms with Gasteiger partial charge in [-0.2, -0.15) is 0 Å². The zero-order valence-electron chi connectivity index (χ0n) is 9.57. The Balaban J connectivity index is 2.10. The molecular weight excluding hydrogens is 278 g/mol. The molecule has 2 rings (SSSR count). The van der Waals surface area contributed by atoms with E-state index < -0.39 is 0 Å². The van der Waals surface area contributed by atoms with E-state index in [1.54, 1.807) is 6.07 Å². The van der Waals surface area contributed by atoms with E-state index in [4.69, 9.17) is 0 Å². The van der Waals surface area contributed by atoms with E-state index in [1.807, 2.05) is 24.3 Å². The van der Waals surface area contributed by atoms with Crippen LogP contribution in [0, 0.1) is 6.92 Å². The van der Waals surface area contributed by atoms with Gasteiger partial charge in [-0.25, -0.2) is 0 Å². The maximum Gasteiger partial charge on any atom is 0.120 e. The van der Waals surface area contributed by atoms with Crippen LogP contribution in [0.25, 0.3) is 0 Å². The summed E-state index contributed by atoms with van der Waals surface area (Å²) in [6, 6.07) is 13.5. The number of halogens is 1. The normalized spacial score (nSPS) is 10.2. The monoisotopic (exact) mass is 291 g/mol. The first kappa shape index (κ1) is 12.0. The lowest BCUT2D eigenvalue weighted by molar-refractivity contribution is 0.469. The van der Waals surface area contributed by atoms with Gasteiger partial charge in [0, 0.05) is 22.3 Å². The number of aromatic hydroxyl groups is 1. The molecule has 2 aromatic carbocycles. The maximum atomic E-state index is 9.65. The smallest absolute Gasteiger partial charge is 0.120 e. The minimum atomic E-state index is 0.322. The number of phenols is 1. The van der Waals surface area contributed by atoms with Crippen molar-refractivity contribution in [1.29, 1.82) is 0 Å². The fourth-order valence-corrected chi connectivity index (χ4v) is 2.25. The minimum absolute atomic E-state index is 0.322. The Morgan fingerprint density at radius 2 is 1.94 bits per heavy atom. The molecule has 88 valence electrons. The van der Waals surface area contributed by atoms with Gasteiger partial charge in [-0.3, -0.25) is 0 Å². The minimum Gasteiger partial charge on any atom is -0.508 e. The summed E-state index contributed by atoms with van der Waals surface area (Å²) in [6.07, 6.45) is 0. The summed E-state index contributed by atoms with van der Waals surface area (Å²) in [6.45, 7) is 2.66. The third kappa shape index (κ3) is 3.01.